The topological polar surface area (TPSA) is 61.6 Å². The van der Waals surface area contributed by atoms with E-state index in [9.17, 15) is 0 Å². The number of halogens is 2. The summed E-state index contributed by atoms with van der Waals surface area (Å²) in [6, 6.07) is 7.56. The highest BCUT2D eigenvalue weighted by molar-refractivity contribution is 14.1. The van der Waals surface area contributed by atoms with Crippen molar-refractivity contribution in [3.05, 3.63) is 44.3 Å². The fourth-order valence-corrected chi connectivity index (χ4v) is 2.05. The number of anilines is 2. The Bertz CT molecular complexity index is 594. The molecule has 6 heteroatoms. The maximum atomic E-state index is 9.02. The van der Waals surface area contributed by atoms with Crippen LogP contribution in [0.2, 0.25) is 0 Å². The smallest absolute Gasteiger partial charge is 0.147 e. The van der Waals surface area contributed by atoms with Crippen LogP contribution in [0, 0.1) is 14.9 Å². The number of benzene rings is 1. The highest BCUT2D eigenvalue weighted by Crippen LogP contribution is 2.25. The standard InChI is InChI=1S/C11H6BrIN4/c12-8-2-1-7(4-14)10(3-8)17-11-9(13)5-15-6-16-11/h1-3,5-6H,(H,15,16,17). The molecule has 0 bridgehead atoms. The van der Waals surface area contributed by atoms with Gasteiger partial charge in [-0.3, -0.25) is 0 Å². The van der Waals surface area contributed by atoms with E-state index in [0.29, 0.717) is 11.4 Å². The molecule has 1 N–H and O–H groups in total. The lowest BCUT2D eigenvalue weighted by Gasteiger charge is -2.08. The third-order valence-corrected chi connectivity index (χ3v) is 3.31. The molecular weight excluding hydrogens is 395 g/mol. The summed E-state index contributed by atoms with van der Waals surface area (Å²) in [6.07, 6.45) is 3.18. The van der Waals surface area contributed by atoms with Gasteiger partial charge in [0.05, 0.1) is 14.8 Å². The molecule has 84 valence electrons. The Balaban J connectivity index is 2.40. The van der Waals surface area contributed by atoms with Crippen LogP contribution in [0.5, 0.6) is 0 Å². The van der Waals surface area contributed by atoms with E-state index in [2.05, 4.69) is 59.9 Å². The van der Waals surface area contributed by atoms with Gasteiger partial charge in [0.15, 0.2) is 0 Å². The second kappa shape index (κ2) is 5.42. The average molecular weight is 401 g/mol. The number of rotatable bonds is 2. The van der Waals surface area contributed by atoms with Crippen molar-refractivity contribution in [2.45, 2.75) is 0 Å². The summed E-state index contributed by atoms with van der Waals surface area (Å²) in [6.45, 7) is 0. The first-order valence-corrected chi connectivity index (χ1v) is 6.50. The quantitative estimate of drug-likeness (QED) is 0.784. The van der Waals surface area contributed by atoms with Gasteiger partial charge in [0.2, 0.25) is 0 Å². The molecule has 1 heterocycles. The Labute approximate surface area is 120 Å². The van der Waals surface area contributed by atoms with E-state index in [-0.39, 0.29) is 0 Å². The van der Waals surface area contributed by atoms with Crippen LogP contribution >= 0.6 is 38.5 Å². The molecule has 0 saturated carbocycles. The number of nitrogens with one attached hydrogen (secondary N) is 1. The van der Waals surface area contributed by atoms with Crippen LogP contribution in [0.1, 0.15) is 5.56 Å². The molecular formula is C11H6BrIN4. The first-order chi connectivity index (χ1) is 8.20. The minimum atomic E-state index is 0.572. The minimum Gasteiger partial charge on any atom is -0.338 e. The molecule has 0 aliphatic heterocycles. The summed E-state index contributed by atoms with van der Waals surface area (Å²) >= 11 is 5.51. The van der Waals surface area contributed by atoms with Crippen molar-refractivity contribution < 1.29 is 0 Å². The molecule has 0 radical (unpaired) electrons. The molecule has 0 saturated heterocycles. The van der Waals surface area contributed by atoms with Crippen molar-refractivity contribution in [1.29, 1.82) is 5.26 Å². The number of nitriles is 1. The van der Waals surface area contributed by atoms with Gasteiger partial charge >= 0.3 is 0 Å². The molecule has 2 rings (SSSR count). The van der Waals surface area contributed by atoms with Crippen molar-refractivity contribution >= 4 is 50.0 Å². The van der Waals surface area contributed by atoms with E-state index in [1.54, 1.807) is 12.3 Å². The number of hydrogen-bond acceptors (Lipinski definition) is 4. The maximum Gasteiger partial charge on any atom is 0.147 e. The Morgan fingerprint density at radius 3 is 2.94 bits per heavy atom. The van der Waals surface area contributed by atoms with Gasteiger partial charge in [-0.15, -0.1) is 0 Å². The molecule has 2 aromatic rings. The van der Waals surface area contributed by atoms with Crippen molar-refractivity contribution in [2.24, 2.45) is 0 Å². The zero-order valence-electron chi connectivity index (χ0n) is 8.48. The largest absolute Gasteiger partial charge is 0.338 e. The summed E-state index contributed by atoms with van der Waals surface area (Å²) < 4.78 is 1.80. The van der Waals surface area contributed by atoms with Crippen LogP contribution in [0.25, 0.3) is 0 Å². The third kappa shape index (κ3) is 2.92. The third-order valence-electron chi connectivity index (χ3n) is 2.02. The second-order valence-electron chi connectivity index (χ2n) is 3.15. The number of aromatic nitrogens is 2. The minimum absolute atomic E-state index is 0.572. The predicted molar refractivity (Wildman–Crippen MR) is 76.9 cm³/mol. The molecule has 1 aromatic carbocycles. The van der Waals surface area contributed by atoms with Crippen molar-refractivity contribution in [3.63, 3.8) is 0 Å². The maximum absolute atomic E-state index is 9.02. The predicted octanol–water partition coefficient (Wildman–Crippen LogP) is 3.46. The van der Waals surface area contributed by atoms with Gasteiger partial charge in [-0.2, -0.15) is 5.26 Å². The van der Waals surface area contributed by atoms with Crippen LogP contribution in [-0.4, -0.2) is 9.97 Å². The summed E-state index contributed by atoms with van der Waals surface area (Å²) in [5, 5.41) is 12.1. The fourth-order valence-electron chi connectivity index (χ4n) is 1.25. The van der Waals surface area contributed by atoms with Gasteiger partial charge in [-0.1, -0.05) is 15.9 Å². The van der Waals surface area contributed by atoms with E-state index < -0.39 is 0 Å². The van der Waals surface area contributed by atoms with Crippen molar-refractivity contribution in [1.82, 2.24) is 9.97 Å². The van der Waals surface area contributed by atoms with Crippen LogP contribution < -0.4 is 5.32 Å². The molecule has 1 aromatic heterocycles. The summed E-state index contributed by atoms with van der Waals surface area (Å²) in [7, 11) is 0. The zero-order chi connectivity index (χ0) is 12.3. The van der Waals surface area contributed by atoms with E-state index in [4.69, 9.17) is 5.26 Å². The van der Waals surface area contributed by atoms with Crippen LogP contribution in [-0.2, 0) is 0 Å². The van der Waals surface area contributed by atoms with E-state index in [1.807, 2.05) is 12.1 Å². The lowest BCUT2D eigenvalue weighted by molar-refractivity contribution is 1.15. The van der Waals surface area contributed by atoms with Crippen molar-refractivity contribution in [3.8, 4) is 6.07 Å². The van der Waals surface area contributed by atoms with Crippen molar-refractivity contribution in [2.75, 3.05) is 5.32 Å². The Kier molecular flexibility index (Phi) is 3.91. The van der Waals surface area contributed by atoms with Gasteiger partial charge in [0, 0.05) is 10.7 Å². The molecule has 4 nitrogen and oxygen atoms in total. The van der Waals surface area contributed by atoms with Gasteiger partial charge in [0.1, 0.15) is 18.2 Å². The normalized spacial score (nSPS) is 9.71. The van der Waals surface area contributed by atoms with Gasteiger partial charge in [-0.05, 0) is 40.8 Å². The molecule has 0 unspecified atom stereocenters. The first-order valence-electron chi connectivity index (χ1n) is 4.63. The SMILES string of the molecule is N#Cc1ccc(Br)cc1Nc1ncncc1I. The summed E-state index contributed by atoms with van der Waals surface area (Å²) in [4.78, 5) is 8.04. The highest BCUT2D eigenvalue weighted by atomic mass is 127. The highest BCUT2D eigenvalue weighted by Gasteiger charge is 2.06. The Morgan fingerprint density at radius 2 is 2.24 bits per heavy atom. The number of nitrogens with zero attached hydrogens (tertiary/aromatic N) is 3. The summed E-state index contributed by atoms with van der Waals surface area (Å²) in [5.74, 6) is 0.690. The number of hydrogen-bond donors (Lipinski definition) is 1. The summed E-state index contributed by atoms with van der Waals surface area (Å²) in [5.41, 5.74) is 1.29. The molecule has 0 fully saturated rings. The molecule has 0 spiro atoms. The van der Waals surface area contributed by atoms with Gasteiger partial charge in [-0.25, -0.2) is 9.97 Å². The van der Waals surface area contributed by atoms with E-state index in [1.165, 1.54) is 6.33 Å². The first kappa shape index (κ1) is 12.3. The Morgan fingerprint density at radius 1 is 1.41 bits per heavy atom. The van der Waals surface area contributed by atoms with E-state index in [0.717, 1.165) is 13.7 Å². The monoisotopic (exact) mass is 400 g/mol. The Hall–Kier alpha value is -1.20. The molecule has 0 aliphatic rings. The second-order valence-corrected chi connectivity index (χ2v) is 5.22. The average Bonchev–Trinajstić information content (AvgIpc) is 2.32. The van der Waals surface area contributed by atoms with Gasteiger partial charge < -0.3 is 5.32 Å². The van der Waals surface area contributed by atoms with Gasteiger partial charge in [0.25, 0.3) is 0 Å². The zero-order valence-corrected chi connectivity index (χ0v) is 12.2. The van der Waals surface area contributed by atoms with Crippen LogP contribution in [0.4, 0.5) is 11.5 Å². The molecule has 17 heavy (non-hydrogen) atoms. The van der Waals surface area contributed by atoms with Crippen LogP contribution in [0.3, 0.4) is 0 Å². The molecule has 0 aliphatic carbocycles. The van der Waals surface area contributed by atoms with E-state index >= 15 is 0 Å². The fraction of sp³-hybridized carbons (Fsp3) is 0. The lowest BCUT2D eigenvalue weighted by Crippen LogP contribution is -1.98. The van der Waals surface area contributed by atoms with Crippen LogP contribution in [0.15, 0.2) is 35.2 Å². The molecule has 0 amide bonds. The molecule has 0 atom stereocenters. The lowest BCUT2D eigenvalue weighted by atomic mass is 10.2.